The van der Waals surface area contributed by atoms with Crippen molar-refractivity contribution in [1.29, 1.82) is 0 Å². The molecule has 1 rings (SSSR count). The lowest BCUT2D eigenvalue weighted by Crippen LogP contribution is -2.37. The highest BCUT2D eigenvalue weighted by molar-refractivity contribution is 7.89. The van der Waals surface area contributed by atoms with E-state index in [-0.39, 0.29) is 36.9 Å². The van der Waals surface area contributed by atoms with Gasteiger partial charge >= 0.3 is 6.09 Å². The summed E-state index contributed by atoms with van der Waals surface area (Å²) >= 11 is 0. The predicted molar refractivity (Wildman–Crippen MR) is 103 cm³/mol. The molecular formula is C18H29N3O5S. The third kappa shape index (κ3) is 9.39. The van der Waals surface area contributed by atoms with Crippen molar-refractivity contribution >= 4 is 22.0 Å². The van der Waals surface area contributed by atoms with Gasteiger partial charge in [-0.1, -0.05) is 19.1 Å². The summed E-state index contributed by atoms with van der Waals surface area (Å²) in [5, 5.41) is 5.07. The molecule has 0 fully saturated rings. The normalized spacial score (nSPS) is 11.7. The first-order valence-electron chi connectivity index (χ1n) is 8.85. The molecule has 8 nitrogen and oxygen atoms in total. The average molecular weight is 400 g/mol. The number of alkyl carbamates (subject to hydrolysis) is 1. The number of benzene rings is 1. The number of aryl methyl sites for hydroxylation is 1. The molecule has 9 heteroatoms. The fraction of sp³-hybridized carbons (Fsp3) is 0.556. The number of sulfonamides is 1. The van der Waals surface area contributed by atoms with E-state index in [1.807, 2.05) is 6.92 Å². The highest BCUT2D eigenvalue weighted by Gasteiger charge is 2.16. The van der Waals surface area contributed by atoms with Crippen LogP contribution in [0.4, 0.5) is 4.79 Å². The Hall–Kier alpha value is -2.13. The molecule has 0 aliphatic rings. The largest absolute Gasteiger partial charge is 0.444 e. The van der Waals surface area contributed by atoms with E-state index in [1.54, 1.807) is 45.0 Å². The van der Waals surface area contributed by atoms with Crippen LogP contribution in [0.25, 0.3) is 0 Å². The van der Waals surface area contributed by atoms with Gasteiger partial charge in [-0.2, -0.15) is 0 Å². The van der Waals surface area contributed by atoms with E-state index < -0.39 is 21.7 Å². The summed E-state index contributed by atoms with van der Waals surface area (Å²) in [6, 6.07) is 6.66. The number of nitrogens with one attached hydrogen (secondary N) is 3. The van der Waals surface area contributed by atoms with E-state index in [2.05, 4.69) is 15.4 Å². The summed E-state index contributed by atoms with van der Waals surface area (Å²) in [5.74, 6) is -0.294. The zero-order chi connectivity index (χ0) is 20.5. The Morgan fingerprint density at radius 3 is 2.19 bits per heavy atom. The van der Waals surface area contributed by atoms with Crippen LogP contribution in [-0.2, 0) is 26.0 Å². The standard InChI is InChI=1S/C18H29N3O5S/c1-5-14-6-8-15(9-7-14)27(24,25)21-13-12-19-16(22)10-11-20-17(23)26-18(2,3)4/h6-9,21H,5,10-13H2,1-4H3,(H,19,22)(H,20,23). The zero-order valence-corrected chi connectivity index (χ0v) is 17.1. The maximum Gasteiger partial charge on any atom is 0.407 e. The number of hydrogen-bond donors (Lipinski definition) is 3. The lowest BCUT2D eigenvalue weighted by atomic mass is 10.2. The van der Waals surface area contributed by atoms with Gasteiger partial charge in [0.25, 0.3) is 0 Å². The second-order valence-corrected chi connectivity index (χ2v) is 8.69. The zero-order valence-electron chi connectivity index (χ0n) is 16.3. The minimum Gasteiger partial charge on any atom is -0.444 e. The van der Waals surface area contributed by atoms with Crippen LogP contribution >= 0.6 is 0 Å². The van der Waals surface area contributed by atoms with Gasteiger partial charge in [0.1, 0.15) is 5.60 Å². The minimum absolute atomic E-state index is 0.0725. The van der Waals surface area contributed by atoms with Crippen LogP contribution in [0.15, 0.2) is 29.2 Å². The van der Waals surface area contributed by atoms with E-state index in [9.17, 15) is 18.0 Å². The van der Waals surface area contributed by atoms with Crippen LogP contribution < -0.4 is 15.4 Å². The molecule has 0 saturated heterocycles. The molecule has 152 valence electrons. The topological polar surface area (TPSA) is 114 Å². The average Bonchev–Trinajstić information content (AvgIpc) is 2.57. The van der Waals surface area contributed by atoms with Crippen molar-refractivity contribution in [3.05, 3.63) is 29.8 Å². The van der Waals surface area contributed by atoms with Gasteiger partial charge in [0.15, 0.2) is 0 Å². The molecule has 0 aliphatic heterocycles. The molecular weight excluding hydrogens is 370 g/mol. The summed E-state index contributed by atoms with van der Waals surface area (Å²) in [6.45, 7) is 7.60. The Labute approximate surface area is 161 Å². The van der Waals surface area contributed by atoms with Crippen molar-refractivity contribution in [3.8, 4) is 0 Å². The Morgan fingerprint density at radius 2 is 1.63 bits per heavy atom. The summed E-state index contributed by atoms with van der Waals surface area (Å²) in [5.41, 5.74) is 0.460. The number of amides is 2. The molecule has 0 bridgehead atoms. The van der Waals surface area contributed by atoms with Gasteiger partial charge in [-0.25, -0.2) is 17.9 Å². The molecule has 0 aliphatic carbocycles. The molecule has 0 aromatic heterocycles. The first-order valence-corrected chi connectivity index (χ1v) is 10.3. The molecule has 0 saturated carbocycles. The van der Waals surface area contributed by atoms with Gasteiger partial charge in [-0.05, 0) is 44.9 Å². The predicted octanol–water partition coefficient (Wildman–Crippen LogP) is 1.56. The lowest BCUT2D eigenvalue weighted by molar-refractivity contribution is -0.120. The van der Waals surface area contributed by atoms with E-state index in [0.717, 1.165) is 12.0 Å². The smallest absolute Gasteiger partial charge is 0.407 e. The number of carbonyl (C=O) groups excluding carboxylic acids is 2. The van der Waals surface area contributed by atoms with Crippen LogP contribution in [0, 0.1) is 0 Å². The summed E-state index contributed by atoms with van der Waals surface area (Å²) in [6.07, 6.45) is 0.324. The SMILES string of the molecule is CCc1ccc(S(=O)(=O)NCCNC(=O)CCNC(=O)OC(C)(C)C)cc1. The number of rotatable bonds is 9. The first kappa shape index (κ1) is 22.9. The molecule has 1 aromatic carbocycles. The molecule has 3 N–H and O–H groups in total. The molecule has 1 aromatic rings. The summed E-state index contributed by atoms with van der Waals surface area (Å²) < 4.78 is 31.8. The van der Waals surface area contributed by atoms with Crippen molar-refractivity contribution < 1.29 is 22.7 Å². The maximum atomic E-state index is 12.2. The molecule has 0 atom stereocenters. The van der Waals surface area contributed by atoms with Crippen molar-refractivity contribution in [2.75, 3.05) is 19.6 Å². The highest BCUT2D eigenvalue weighted by atomic mass is 32.2. The molecule has 0 heterocycles. The van der Waals surface area contributed by atoms with Gasteiger partial charge in [0, 0.05) is 26.1 Å². The van der Waals surface area contributed by atoms with E-state index in [1.165, 1.54) is 0 Å². The molecule has 27 heavy (non-hydrogen) atoms. The summed E-state index contributed by atoms with van der Waals surface area (Å²) in [4.78, 5) is 23.3. The Bertz CT molecular complexity index is 724. The monoisotopic (exact) mass is 399 g/mol. The fourth-order valence-corrected chi connectivity index (χ4v) is 3.09. The highest BCUT2D eigenvalue weighted by Crippen LogP contribution is 2.10. The quantitative estimate of drug-likeness (QED) is 0.545. The van der Waals surface area contributed by atoms with Crippen molar-refractivity contribution in [3.63, 3.8) is 0 Å². The van der Waals surface area contributed by atoms with Crippen LogP contribution in [0.1, 0.15) is 39.7 Å². The molecule has 0 unspecified atom stereocenters. The molecule has 0 radical (unpaired) electrons. The van der Waals surface area contributed by atoms with Crippen LogP contribution in [0.5, 0.6) is 0 Å². The van der Waals surface area contributed by atoms with Crippen LogP contribution in [0.3, 0.4) is 0 Å². The van der Waals surface area contributed by atoms with Gasteiger partial charge in [-0.15, -0.1) is 0 Å². The van der Waals surface area contributed by atoms with E-state index in [0.29, 0.717) is 0 Å². The van der Waals surface area contributed by atoms with Crippen molar-refractivity contribution in [2.24, 2.45) is 0 Å². The third-order valence-electron chi connectivity index (χ3n) is 3.40. The Kier molecular flexibility index (Phi) is 8.71. The Morgan fingerprint density at radius 1 is 1.00 bits per heavy atom. The van der Waals surface area contributed by atoms with E-state index >= 15 is 0 Å². The first-order chi connectivity index (χ1) is 12.5. The van der Waals surface area contributed by atoms with Gasteiger partial charge < -0.3 is 15.4 Å². The van der Waals surface area contributed by atoms with Gasteiger partial charge in [0.05, 0.1) is 4.90 Å². The number of ether oxygens (including phenoxy) is 1. The third-order valence-corrected chi connectivity index (χ3v) is 4.88. The second kappa shape index (κ2) is 10.3. The van der Waals surface area contributed by atoms with E-state index in [4.69, 9.17) is 4.74 Å². The molecule has 0 spiro atoms. The van der Waals surface area contributed by atoms with Crippen molar-refractivity contribution in [1.82, 2.24) is 15.4 Å². The van der Waals surface area contributed by atoms with Gasteiger partial charge in [-0.3, -0.25) is 4.79 Å². The lowest BCUT2D eigenvalue weighted by Gasteiger charge is -2.19. The molecule has 2 amide bonds. The van der Waals surface area contributed by atoms with Crippen LogP contribution in [-0.4, -0.2) is 45.7 Å². The Balaban J connectivity index is 2.26. The number of hydrogen-bond acceptors (Lipinski definition) is 5. The number of carbonyl (C=O) groups is 2. The fourth-order valence-electron chi connectivity index (χ4n) is 2.06. The summed E-state index contributed by atoms with van der Waals surface area (Å²) in [7, 11) is -3.60. The van der Waals surface area contributed by atoms with Crippen molar-refractivity contribution in [2.45, 2.75) is 51.0 Å². The van der Waals surface area contributed by atoms with Gasteiger partial charge in [0.2, 0.25) is 15.9 Å². The second-order valence-electron chi connectivity index (χ2n) is 6.92. The minimum atomic E-state index is -3.60. The van der Waals surface area contributed by atoms with Crippen LogP contribution in [0.2, 0.25) is 0 Å². The maximum absolute atomic E-state index is 12.2.